The summed E-state index contributed by atoms with van der Waals surface area (Å²) in [6, 6.07) is 6.89. The summed E-state index contributed by atoms with van der Waals surface area (Å²) in [5.74, 6) is 0.198. The van der Waals surface area contributed by atoms with Crippen LogP contribution in [0.4, 0.5) is 5.69 Å². The van der Waals surface area contributed by atoms with E-state index < -0.39 is 9.84 Å². The average Bonchev–Trinajstić information content (AvgIpc) is 2.29. The Balaban J connectivity index is 2.63. The van der Waals surface area contributed by atoms with Crippen molar-refractivity contribution >= 4 is 27.1 Å². The second-order valence-electron chi connectivity index (χ2n) is 4.34. The van der Waals surface area contributed by atoms with Crippen LogP contribution in [0.1, 0.15) is 26.7 Å². The van der Waals surface area contributed by atoms with E-state index in [4.69, 9.17) is 11.6 Å². The monoisotopic (exact) mass is 289 g/mol. The molecule has 0 saturated heterocycles. The molecule has 0 aliphatic rings. The van der Waals surface area contributed by atoms with Crippen LogP contribution >= 0.6 is 11.6 Å². The number of hydrogen-bond donors (Lipinski definition) is 1. The van der Waals surface area contributed by atoms with Crippen LogP contribution in [0.5, 0.6) is 0 Å². The molecule has 0 saturated carbocycles. The Hall–Kier alpha value is -0.740. The van der Waals surface area contributed by atoms with E-state index in [1.807, 2.05) is 13.8 Å². The van der Waals surface area contributed by atoms with Crippen LogP contribution < -0.4 is 5.32 Å². The first-order valence-corrected chi connectivity index (χ1v) is 8.25. The minimum absolute atomic E-state index is 0.140. The number of benzene rings is 1. The molecule has 0 aliphatic carbocycles. The summed E-state index contributed by atoms with van der Waals surface area (Å²) in [5.41, 5.74) is 0.919. The van der Waals surface area contributed by atoms with Crippen molar-refractivity contribution in [1.82, 2.24) is 0 Å². The van der Waals surface area contributed by atoms with Crippen molar-refractivity contribution in [3.05, 3.63) is 24.3 Å². The van der Waals surface area contributed by atoms with Gasteiger partial charge in [-0.2, -0.15) is 0 Å². The molecule has 1 aromatic rings. The molecule has 0 radical (unpaired) electrons. The highest BCUT2D eigenvalue weighted by Gasteiger charge is 2.12. The van der Waals surface area contributed by atoms with Gasteiger partial charge in [0.25, 0.3) is 0 Å². The molecule has 3 nitrogen and oxygen atoms in total. The van der Waals surface area contributed by atoms with Crippen molar-refractivity contribution < 1.29 is 8.42 Å². The van der Waals surface area contributed by atoms with Gasteiger partial charge in [-0.25, -0.2) is 8.42 Å². The third-order valence-corrected chi connectivity index (χ3v) is 4.71. The number of halogens is 1. The van der Waals surface area contributed by atoms with Crippen LogP contribution in [0.2, 0.25) is 0 Å². The predicted molar refractivity (Wildman–Crippen MR) is 77.2 cm³/mol. The van der Waals surface area contributed by atoms with Crippen molar-refractivity contribution in [2.75, 3.05) is 17.6 Å². The van der Waals surface area contributed by atoms with Crippen molar-refractivity contribution in [3.63, 3.8) is 0 Å². The smallest absolute Gasteiger partial charge is 0.178 e. The fourth-order valence-electron chi connectivity index (χ4n) is 1.58. The Bertz CT molecular complexity index is 454. The molecule has 0 amide bonds. The molecule has 0 bridgehead atoms. The van der Waals surface area contributed by atoms with Crippen molar-refractivity contribution in [2.45, 2.75) is 37.0 Å². The number of rotatable bonds is 7. The van der Waals surface area contributed by atoms with Gasteiger partial charge in [0, 0.05) is 17.6 Å². The molecule has 1 rings (SSSR count). The molecule has 1 N–H and O–H groups in total. The summed E-state index contributed by atoms with van der Waals surface area (Å²) < 4.78 is 23.6. The van der Waals surface area contributed by atoms with E-state index >= 15 is 0 Å². The second-order valence-corrected chi connectivity index (χ2v) is 7.19. The van der Waals surface area contributed by atoms with E-state index in [9.17, 15) is 8.42 Å². The topological polar surface area (TPSA) is 46.2 Å². The summed E-state index contributed by atoms with van der Waals surface area (Å²) in [6.07, 6.45) is 1.51. The molecule has 0 aliphatic heterocycles. The van der Waals surface area contributed by atoms with Crippen LogP contribution in [0.15, 0.2) is 29.2 Å². The third kappa shape index (κ3) is 4.86. The summed E-state index contributed by atoms with van der Waals surface area (Å²) >= 11 is 5.84. The van der Waals surface area contributed by atoms with Gasteiger partial charge in [-0.1, -0.05) is 6.92 Å². The van der Waals surface area contributed by atoms with Crippen LogP contribution in [0.3, 0.4) is 0 Å². The molecular weight excluding hydrogens is 270 g/mol. The van der Waals surface area contributed by atoms with E-state index in [1.165, 1.54) is 0 Å². The van der Waals surface area contributed by atoms with E-state index in [2.05, 4.69) is 5.32 Å². The maximum absolute atomic E-state index is 11.8. The molecule has 1 unspecified atom stereocenters. The number of alkyl halides is 1. The lowest BCUT2D eigenvalue weighted by molar-refractivity contribution is 0.595. The summed E-state index contributed by atoms with van der Waals surface area (Å²) in [6.45, 7) is 4.59. The van der Waals surface area contributed by atoms with Gasteiger partial charge >= 0.3 is 0 Å². The van der Waals surface area contributed by atoms with Gasteiger partial charge in [0.15, 0.2) is 9.84 Å². The fourth-order valence-corrected chi connectivity index (χ4v) is 3.02. The van der Waals surface area contributed by atoms with Crippen molar-refractivity contribution in [1.29, 1.82) is 0 Å². The summed E-state index contributed by atoms with van der Waals surface area (Å²) in [5, 5.41) is 3.35. The molecule has 0 heterocycles. The SMILES string of the molecule is CCCS(=O)(=O)c1ccc(NCCC(C)Cl)cc1. The lowest BCUT2D eigenvalue weighted by atomic mass is 10.3. The van der Waals surface area contributed by atoms with Crippen molar-refractivity contribution in [3.8, 4) is 0 Å². The van der Waals surface area contributed by atoms with Gasteiger partial charge < -0.3 is 5.32 Å². The van der Waals surface area contributed by atoms with Gasteiger partial charge in [-0.3, -0.25) is 0 Å². The Kier molecular flexibility index (Phi) is 5.96. The van der Waals surface area contributed by atoms with E-state index in [0.29, 0.717) is 11.3 Å². The molecule has 0 fully saturated rings. The fraction of sp³-hybridized carbons (Fsp3) is 0.538. The molecule has 102 valence electrons. The minimum atomic E-state index is -3.11. The highest BCUT2D eigenvalue weighted by atomic mass is 35.5. The molecule has 0 spiro atoms. The quantitative estimate of drug-likeness (QED) is 0.784. The number of nitrogens with one attached hydrogen (secondary N) is 1. The Morgan fingerprint density at radius 1 is 1.28 bits per heavy atom. The van der Waals surface area contributed by atoms with Gasteiger partial charge in [-0.05, 0) is 44.0 Å². The number of hydrogen-bond acceptors (Lipinski definition) is 3. The first kappa shape index (κ1) is 15.3. The first-order chi connectivity index (χ1) is 8.45. The zero-order chi connectivity index (χ0) is 13.6. The number of sulfone groups is 1. The maximum atomic E-state index is 11.8. The molecule has 5 heteroatoms. The van der Waals surface area contributed by atoms with Crippen molar-refractivity contribution in [2.24, 2.45) is 0 Å². The van der Waals surface area contributed by atoms with Gasteiger partial charge in [0.2, 0.25) is 0 Å². The van der Waals surface area contributed by atoms with E-state index in [0.717, 1.165) is 18.7 Å². The molecule has 18 heavy (non-hydrogen) atoms. The van der Waals surface area contributed by atoms with Crippen LogP contribution in [0.25, 0.3) is 0 Å². The predicted octanol–water partition coefficient (Wildman–Crippen LogP) is 3.30. The summed E-state index contributed by atoms with van der Waals surface area (Å²) in [4.78, 5) is 0.389. The Morgan fingerprint density at radius 3 is 2.39 bits per heavy atom. The minimum Gasteiger partial charge on any atom is -0.385 e. The number of anilines is 1. The van der Waals surface area contributed by atoms with E-state index in [-0.39, 0.29) is 11.1 Å². The van der Waals surface area contributed by atoms with Gasteiger partial charge in [-0.15, -0.1) is 11.6 Å². The third-order valence-electron chi connectivity index (χ3n) is 2.56. The molecule has 1 aromatic carbocycles. The largest absolute Gasteiger partial charge is 0.385 e. The van der Waals surface area contributed by atoms with Crippen LogP contribution in [0, 0.1) is 0 Å². The molecule has 1 atom stereocenters. The summed E-state index contributed by atoms with van der Waals surface area (Å²) in [7, 11) is -3.11. The standard InChI is InChI=1S/C13H20ClNO2S/c1-3-10-18(16,17)13-6-4-12(5-7-13)15-9-8-11(2)14/h4-7,11,15H,3,8-10H2,1-2H3. The highest BCUT2D eigenvalue weighted by Crippen LogP contribution is 2.16. The zero-order valence-electron chi connectivity index (χ0n) is 10.8. The normalized spacial score (nSPS) is 13.3. The van der Waals surface area contributed by atoms with Crippen LogP contribution in [-0.2, 0) is 9.84 Å². The van der Waals surface area contributed by atoms with Crippen LogP contribution in [-0.4, -0.2) is 26.1 Å². The molecule has 0 aromatic heterocycles. The lowest BCUT2D eigenvalue weighted by Crippen LogP contribution is -2.08. The Morgan fingerprint density at radius 2 is 1.89 bits per heavy atom. The van der Waals surface area contributed by atoms with E-state index in [1.54, 1.807) is 24.3 Å². The Labute approximate surface area is 114 Å². The highest BCUT2D eigenvalue weighted by molar-refractivity contribution is 7.91. The first-order valence-electron chi connectivity index (χ1n) is 6.16. The lowest BCUT2D eigenvalue weighted by Gasteiger charge is -2.08. The maximum Gasteiger partial charge on any atom is 0.178 e. The zero-order valence-corrected chi connectivity index (χ0v) is 12.4. The van der Waals surface area contributed by atoms with Gasteiger partial charge in [0.05, 0.1) is 10.6 Å². The molecular formula is C13H20ClNO2S. The second kappa shape index (κ2) is 7.00. The average molecular weight is 290 g/mol. The van der Waals surface area contributed by atoms with Gasteiger partial charge in [0.1, 0.15) is 0 Å².